The number of nitrogens with one attached hydrogen (secondary N) is 1. The minimum absolute atomic E-state index is 0.708. The van der Waals surface area contributed by atoms with Crippen molar-refractivity contribution in [3.63, 3.8) is 0 Å². The summed E-state index contributed by atoms with van der Waals surface area (Å²) in [6.45, 7) is 10.1. The van der Waals surface area contributed by atoms with Gasteiger partial charge in [0, 0.05) is 51.4 Å². The van der Waals surface area contributed by atoms with Crippen LogP contribution < -0.4 is 5.32 Å². The maximum atomic E-state index is 3.82. The minimum atomic E-state index is 0.708. The second-order valence-corrected chi connectivity index (χ2v) is 7.37. The summed E-state index contributed by atoms with van der Waals surface area (Å²) in [7, 11) is 0. The molecule has 0 spiro atoms. The van der Waals surface area contributed by atoms with Gasteiger partial charge in [-0.3, -0.25) is 4.90 Å². The molecule has 3 heteroatoms. The molecular formula is C17H33N3. The van der Waals surface area contributed by atoms with Crippen LogP contribution in [0.15, 0.2) is 0 Å². The Morgan fingerprint density at radius 2 is 1.65 bits per heavy atom. The van der Waals surface area contributed by atoms with Crippen LogP contribution in [0.4, 0.5) is 0 Å². The smallest absolute Gasteiger partial charge is 0.0193 e. The van der Waals surface area contributed by atoms with Crippen molar-refractivity contribution in [2.45, 2.75) is 64.0 Å². The van der Waals surface area contributed by atoms with Gasteiger partial charge in [0.05, 0.1) is 0 Å². The highest BCUT2D eigenvalue weighted by atomic mass is 15.3. The van der Waals surface area contributed by atoms with E-state index >= 15 is 0 Å². The van der Waals surface area contributed by atoms with Gasteiger partial charge in [-0.2, -0.15) is 0 Å². The molecule has 1 N–H and O–H groups in total. The molecule has 3 nitrogen and oxygen atoms in total. The predicted octanol–water partition coefficient (Wildman–Crippen LogP) is 2.32. The van der Waals surface area contributed by atoms with Crippen LogP contribution in [0.5, 0.6) is 0 Å². The van der Waals surface area contributed by atoms with Gasteiger partial charge in [-0.25, -0.2) is 0 Å². The van der Waals surface area contributed by atoms with Crippen LogP contribution in [-0.4, -0.2) is 61.2 Å². The molecule has 0 aromatic carbocycles. The topological polar surface area (TPSA) is 18.5 Å². The fourth-order valence-corrected chi connectivity index (χ4v) is 3.83. The SMILES string of the molecule is CC(CNC1CCCCC1)N1CCN(CC2CC2)CC1. The quantitative estimate of drug-likeness (QED) is 0.805. The Balaban J connectivity index is 1.32. The van der Waals surface area contributed by atoms with E-state index in [9.17, 15) is 0 Å². The van der Waals surface area contributed by atoms with E-state index in [1.807, 2.05) is 0 Å². The molecule has 0 radical (unpaired) electrons. The molecule has 0 bridgehead atoms. The molecular weight excluding hydrogens is 246 g/mol. The van der Waals surface area contributed by atoms with Gasteiger partial charge in [-0.15, -0.1) is 0 Å². The number of piperazine rings is 1. The average molecular weight is 279 g/mol. The minimum Gasteiger partial charge on any atom is -0.312 e. The van der Waals surface area contributed by atoms with Crippen molar-refractivity contribution < 1.29 is 0 Å². The first kappa shape index (κ1) is 14.8. The van der Waals surface area contributed by atoms with Crippen LogP contribution in [-0.2, 0) is 0 Å². The number of hydrogen-bond acceptors (Lipinski definition) is 3. The number of hydrogen-bond donors (Lipinski definition) is 1. The first-order valence-corrected chi connectivity index (χ1v) is 9.01. The zero-order valence-electron chi connectivity index (χ0n) is 13.3. The van der Waals surface area contributed by atoms with Gasteiger partial charge in [0.25, 0.3) is 0 Å². The molecule has 1 saturated heterocycles. The Labute approximate surface area is 125 Å². The van der Waals surface area contributed by atoms with E-state index in [0.717, 1.165) is 12.0 Å². The van der Waals surface area contributed by atoms with E-state index in [1.54, 1.807) is 0 Å². The van der Waals surface area contributed by atoms with Gasteiger partial charge < -0.3 is 10.2 Å². The van der Waals surface area contributed by atoms with Crippen molar-refractivity contribution in [1.29, 1.82) is 0 Å². The second-order valence-electron chi connectivity index (χ2n) is 7.37. The molecule has 1 atom stereocenters. The lowest BCUT2D eigenvalue weighted by atomic mass is 9.95. The Morgan fingerprint density at radius 1 is 0.950 bits per heavy atom. The largest absolute Gasteiger partial charge is 0.312 e. The van der Waals surface area contributed by atoms with E-state index in [4.69, 9.17) is 0 Å². The zero-order chi connectivity index (χ0) is 13.8. The molecule has 20 heavy (non-hydrogen) atoms. The average Bonchev–Trinajstić information content (AvgIpc) is 3.31. The zero-order valence-corrected chi connectivity index (χ0v) is 13.3. The molecule has 1 unspecified atom stereocenters. The normalized spacial score (nSPS) is 28.6. The Morgan fingerprint density at radius 3 is 2.30 bits per heavy atom. The van der Waals surface area contributed by atoms with Gasteiger partial charge in [0.15, 0.2) is 0 Å². The monoisotopic (exact) mass is 279 g/mol. The molecule has 2 saturated carbocycles. The van der Waals surface area contributed by atoms with Gasteiger partial charge in [0.1, 0.15) is 0 Å². The highest BCUT2D eigenvalue weighted by molar-refractivity contribution is 4.83. The summed E-state index contributed by atoms with van der Waals surface area (Å²) in [6, 6.07) is 1.52. The third kappa shape index (κ3) is 4.44. The molecule has 3 fully saturated rings. The molecule has 3 aliphatic rings. The van der Waals surface area contributed by atoms with Crippen molar-refractivity contribution in [1.82, 2.24) is 15.1 Å². The van der Waals surface area contributed by atoms with Crippen LogP contribution in [0.1, 0.15) is 51.9 Å². The van der Waals surface area contributed by atoms with Gasteiger partial charge >= 0.3 is 0 Å². The molecule has 0 aromatic rings. The van der Waals surface area contributed by atoms with Crippen molar-refractivity contribution in [2.24, 2.45) is 5.92 Å². The summed E-state index contributed by atoms with van der Waals surface area (Å²) in [4.78, 5) is 5.38. The standard InChI is InChI=1S/C17H33N3/c1-15(13-18-17-5-3-2-4-6-17)20-11-9-19(10-12-20)14-16-7-8-16/h15-18H,2-14H2,1H3. The second kappa shape index (κ2) is 7.24. The van der Waals surface area contributed by atoms with E-state index in [0.29, 0.717) is 6.04 Å². The molecule has 0 aromatic heterocycles. The lowest BCUT2D eigenvalue weighted by Crippen LogP contribution is -2.53. The molecule has 0 amide bonds. The molecule has 1 heterocycles. The van der Waals surface area contributed by atoms with Crippen LogP contribution in [0.25, 0.3) is 0 Å². The Hall–Kier alpha value is -0.120. The third-order valence-corrected chi connectivity index (χ3v) is 5.55. The summed E-state index contributed by atoms with van der Waals surface area (Å²) >= 11 is 0. The summed E-state index contributed by atoms with van der Waals surface area (Å²) in [6.07, 6.45) is 10.1. The fraction of sp³-hybridized carbons (Fsp3) is 1.00. The van der Waals surface area contributed by atoms with Crippen molar-refractivity contribution in [3.8, 4) is 0 Å². The van der Waals surface area contributed by atoms with Crippen LogP contribution in [0, 0.1) is 5.92 Å². The number of nitrogens with zero attached hydrogens (tertiary/aromatic N) is 2. The highest BCUT2D eigenvalue weighted by Gasteiger charge is 2.27. The Bertz CT molecular complexity index is 276. The van der Waals surface area contributed by atoms with E-state index < -0.39 is 0 Å². The van der Waals surface area contributed by atoms with Gasteiger partial charge in [0.2, 0.25) is 0 Å². The molecule has 2 aliphatic carbocycles. The first-order chi connectivity index (χ1) is 9.81. The summed E-state index contributed by atoms with van der Waals surface area (Å²) in [5.41, 5.74) is 0. The van der Waals surface area contributed by atoms with Crippen LogP contribution >= 0.6 is 0 Å². The summed E-state index contributed by atoms with van der Waals surface area (Å²) < 4.78 is 0. The van der Waals surface area contributed by atoms with Crippen LogP contribution in [0.2, 0.25) is 0 Å². The fourth-order valence-electron chi connectivity index (χ4n) is 3.83. The number of rotatable bonds is 6. The van der Waals surface area contributed by atoms with Crippen molar-refractivity contribution >= 4 is 0 Å². The Kier molecular flexibility index (Phi) is 5.36. The summed E-state index contributed by atoms with van der Waals surface area (Å²) in [5, 5.41) is 3.82. The van der Waals surface area contributed by atoms with E-state index in [1.165, 1.54) is 84.2 Å². The van der Waals surface area contributed by atoms with Crippen molar-refractivity contribution in [2.75, 3.05) is 39.3 Å². The lowest BCUT2D eigenvalue weighted by Gasteiger charge is -2.38. The third-order valence-electron chi connectivity index (χ3n) is 5.55. The predicted molar refractivity (Wildman–Crippen MR) is 85.1 cm³/mol. The first-order valence-electron chi connectivity index (χ1n) is 9.01. The van der Waals surface area contributed by atoms with E-state index in [-0.39, 0.29) is 0 Å². The molecule has 1 aliphatic heterocycles. The van der Waals surface area contributed by atoms with E-state index in [2.05, 4.69) is 22.0 Å². The molecule has 116 valence electrons. The van der Waals surface area contributed by atoms with Gasteiger partial charge in [-0.1, -0.05) is 19.3 Å². The highest BCUT2D eigenvalue weighted by Crippen LogP contribution is 2.30. The maximum absolute atomic E-state index is 3.82. The van der Waals surface area contributed by atoms with Gasteiger partial charge in [-0.05, 0) is 38.5 Å². The van der Waals surface area contributed by atoms with Crippen molar-refractivity contribution in [3.05, 3.63) is 0 Å². The lowest BCUT2D eigenvalue weighted by molar-refractivity contribution is 0.0968. The summed E-state index contributed by atoms with van der Waals surface area (Å²) in [5.74, 6) is 1.05. The maximum Gasteiger partial charge on any atom is 0.0193 e. The molecule has 3 rings (SSSR count). The van der Waals surface area contributed by atoms with Crippen LogP contribution in [0.3, 0.4) is 0 Å².